The summed E-state index contributed by atoms with van der Waals surface area (Å²) in [5.41, 5.74) is 1.44. The molecule has 0 aliphatic carbocycles. The van der Waals surface area contributed by atoms with E-state index in [1.165, 1.54) is 12.4 Å². The standard InChI is InChI=1S/C21H19BrClFN4O/c1-28(2)12-26-17-9-7-14(21(29)18-5-3-4-10-25-18)20(19(17)24)27-16-8-6-13(22)11-15(16)23/h3-12,21,27,29H,1-2H3. The normalized spacial score (nSPS) is 12.2. The van der Waals surface area contributed by atoms with E-state index in [9.17, 15) is 5.11 Å². The number of benzene rings is 2. The van der Waals surface area contributed by atoms with Gasteiger partial charge in [0.2, 0.25) is 0 Å². The average Bonchev–Trinajstić information content (AvgIpc) is 2.70. The van der Waals surface area contributed by atoms with Crippen LogP contribution in [0.3, 0.4) is 0 Å². The molecule has 8 heteroatoms. The molecule has 0 radical (unpaired) electrons. The lowest BCUT2D eigenvalue weighted by Crippen LogP contribution is -2.09. The molecule has 2 N–H and O–H groups in total. The predicted molar refractivity (Wildman–Crippen MR) is 119 cm³/mol. The molecule has 0 amide bonds. The fourth-order valence-electron chi connectivity index (χ4n) is 2.63. The molecule has 2 aromatic carbocycles. The highest BCUT2D eigenvalue weighted by Gasteiger charge is 2.22. The van der Waals surface area contributed by atoms with Gasteiger partial charge in [0, 0.05) is 30.3 Å². The number of nitrogens with one attached hydrogen (secondary N) is 1. The fraction of sp³-hybridized carbons (Fsp3) is 0.143. The minimum atomic E-state index is -1.13. The maximum Gasteiger partial charge on any atom is 0.172 e. The van der Waals surface area contributed by atoms with E-state index in [0.29, 0.717) is 22.0 Å². The first-order valence-electron chi connectivity index (χ1n) is 8.71. The number of nitrogens with zero attached hydrogens (tertiary/aromatic N) is 3. The lowest BCUT2D eigenvalue weighted by Gasteiger charge is -2.19. The quantitative estimate of drug-likeness (QED) is 0.354. The SMILES string of the molecule is CN(C)C=Nc1ccc(C(O)c2ccccn2)c(Nc2ccc(Br)cc2Cl)c1F. The van der Waals surface area contributed by atoms with E-state index in [1.807, 2.05) is 0 Å². The van der Waals surface area contributed by atoms with Crippen molar-refractivity contribution in [3.05, 3.63) is 81.3 Å². The van der Waals surface area contributed by atoms with Crippen molar-refractivity contribution in [3.63, 3.8) is 0 Å². The molecular weight excluding hydrogens is 459 g/mol. The summed E-state index contributed by atoms with van der Waals surface area (Å²) in [7, 11) is 3.59. The summed E-state index contributed by atoms with van der Waals surface area (Å²) >= 11 is 9.65. The molecule has 29 heavy (non-hydrogen) atoms. The van der Waals surface area contributed by atoms with Gasteiger partial charge in [0.25, 0.3) is 0 Å². The van der Waals surface area contributed by atoms with Crippen LogP contribution in [0.1, 0.15) is 17.4 Å². The first kappa shape index (κ1) is 21.2. The van der Waals surface area contributed by atoms with Crippen molar-refractivity contribution in [2.45, 2.75) is 6.10 Å². The molecule has 1 atom stereocenters. The highest BCUT2D eigenvalue weighted by Crippen LogP contribution is 2.38. The van der Waals surface area contributed by atoms with E-state index in [2.05, 4.69) is 31.2 Å². The molecule has 0 fully saturated rings. The number of anilines is 2. The number of rotatable bonds is 6. The second-order valence-electron chi connectivity index (χ2n) is 6.48. The van der Waals surface area contributed by atoms with E-state index in [-0.39, 0.29) is 11.4 Å². The number of aliphatic hydroxyl groups is 1. The van der Waals surface area contributed by atoms with Crippen LogP contribution in [-0.4, -0.2) is 35.4 Å². The number of pyridine rings is 1. The molecule has 3 rings (SSSR count). The number of halogens is 3. The Hall–Kier alpha value is -2.48. The summed E-state index contributed by atoms with van der Waals surface area (Å²) in [6.07, 6.45) is 1.95. The smallest absolute Gasteiger partial charge is 0.172 e. The Morgan fingerprint density at radius 1 is 1.24 bits per heavy atom. The number of aliphatic imine (C=N–C) groups is 1. The van der Waals surface area contributed by atoms with E-state index in [4.69, 9.17) is 11.6 Å². The fourth-order valence-corrected chi connectivity index (χ4v) is 3.36. The van der Waals surface area contributed by atoms with Crippen LogP contribution >= 0.6 is 27.5 Å². The molecule has 1 unspecified atom stereocenters. The largest absolute Gasteiger partial charge is 0.382 e. The maximum atomic E-state index is 15.4. The molecule has 0 aliphatic rings. The summed E-state index contributed by atoms with van der Waals surface area (Å²) < 4.78 is 16.2. The Morgan fingerprint density at radius 3 is 2.69 bits per heavy atom. The van der Waals surface area contributed by atoms with Gasteiger partial charge in [0.05, 0.1) is 28.4 Å². The van der Waals surface area contributed by atoms with Crippen LogP contribution in [0.25, 0.3) is 0 Å². The summed E-state index contributed by atoms with van der Waals surface area (Å²) in [6.45, 7) is 0. The minimum absolute atomic E-state index is 0.0841. The molecule has 5 nitrogen and oxygen atoms in total. The van der Waals surface area contributed by atoms with Gasteiger partial charge in [-0.05, 0) is 36.4 Å². The number of hydrogen-bond acceptors (Lipinski definition) is 4. The lowest BCUT2D eigenvalue weighted by atomic mass is 10.0. The van der Waals surface area contributed by atoms with Crippen molar-refractivity contribution in [1.29, 1.82) is 0 Å². The Bertz CT molecular complexity index is 1030. The third-order valence-electron chi connectivity index (χ3n) is 4.03. The summed E-state index contributed by atoms with van der Waals surface area (Å²) in [4.78, 5) is 10.0. The van der Waals surface area contributed by atoms with E-state index in [1.54, 1.807) is 67.7 Å². The highest BCUT2D eigenvalue weighted by molar-refractivity contribution is 9.10. The molecule has 0 saturated carbocycles. The number of hydrogen-bond donors (Lipinski definition) is 2. The van der Waals surface area contributed by atoms with Crippen LogP contribution in [-0.2, 0) is 0 Å². The van der Waals surface area contributed by atoms with Gasteiger partial charge < -0.3 is 15.3 Å². The van der Waals surface area contributed by atoms with Gasteiger partial charge in [-0.15, -0.1) is 0 Å². The van der Waals surface area contributed by atoms with Gasteiger partial charge in [-0.3, -0.25) is 4.98 Å². The molecular formula is C21H19BrClFN4O. The van der Waals surface area contributed by atoms with Gasteiger partial charge in [0.1, 0.15) is 11.8 Å². The Labute approximate surface area is 182 Å². The Morgan fingerprint density at radius 2 is 2.03 bits per heavy atom. The molecule has 1 aromatic heterocycles. The predicted octanol–water partition coefficient (Wildman–Crippen LogP) is 5.68. The van der Waals surface area contributed by atoms with Crippen molar-refractivity contribution >= 4 is 50.9 Å². The van der Waals surface area contributed by atoms with E-state index >= 15 is 4.39 Å². The van der Waals surface area contributed by atoms with E-state index in [0.717, 1.165) is 4.47 Å². The number of aromatic nitrogens is 1. The molecule has 1 heterocycles. The minimum Gasteiger partial charge on any atom is -0.382 e. The van der Waals surface area contributed by atoms with Crippen molar-refractivity contribution in [2.24, 2.45) is 4.99 Å². The van der Waals surface area contributed by atoms with Crippen LogP contribution in [0.5, 0.6) is 0 Å². The molecule has 0 saturated heterocycles. The van der Waals surface area contributed by atoms with Crippen LogP contribution in [0, 0.1) is 5.82 Å². The summed E-state index contributed by atoms with van der Waals surface area (Å²) in [5.74, 6) is -0.602. The topological polar surface area (TPSA) is 60.8 Å². The molecule has 0 aliphatic heterocycles. The second kappa shape index (κ2) is 9.35. The van der Waals surface area contributed by atoms with Gasteiger partial charge in [-0.2, -0.15) is 0 Å². The van der Waals surface area contributed by atoms with Crippen LogP contribution in [0.4, 0.5) is 21.5 Å². The molecule has 3 aromatic rings. The average molecular weight is 478 g/mol. The lowest BCUT2D eigenvalue weighted by molar-refractivity contribution is 0.215. The second-order valence-corrected chi connectivity index (χ2v) is 7.80. The molecule has 150 valence electrons. The summed E-state index contributed by atoms with van der Waals surface area (Å²) in [6, 6.07) is 13.5. The van der Waals surface area contributed by atoms with E-state index < -0.39 is 11.9 Å². The Balaban J connectivity index is 2.11. The van der Waals surface area contributed by atoms with Gasteiger partial charge in [-0.25, -0.2) is 9.38 Å². The zero-order valence-electron chi connectivity index (χ0n) is 15.8. The highest BCUT2D eigenvalue weighted by atomic mass is 79.9. The Kier molecular flexibility index (Phi) is 6.84. The van der Waals surface area contributed by atoms with Crippen LogP contribution in [0.2, 0.25) is 5.02 Å². The molecule has 0 spiro atoms. The van der Waals surface area contributed by atoms with Gasteiger partial charge in [0.15, 0.2) is 5.82 Å². The van der Waals surface area contributed by atoms with Crippen LogP contribution in [0.15, 0.2) is 64.2 Å². The maximum absolute atomic E-state index is 15.4. The van der Waals surface area contributed by atoms with Crippen molar-refractivity contribution in [2.75, 3.05) is 19.4 Å². The molecule has 0 bridgehead atoms. The zero-order valence-corrected chi connectivity index (χ0v) is 18.1. The number of aliphatic hydroxyl groups excluding tert-OH is 1. The van der Waals surface area contributed by atoms with Crippen molar-refractivity contribution in [1.82, 2.24) is 9.88 Å². The first-order chi connectivity index (χ1) is 13.9. The van der Waals surface area contributed by atoms with Gasteiger partial charge in [-0.1, -0.05) is 39.7 Å². The third kappa shape index (κ3) is 5.12. The monoisotopic (exact) mass is 476 g/mol. The zero-order chi connectivity index (χ0) is 21.0. The van der Waals surface area contributed by atoms with Gasteiger partial charge >= 0.3 is 0 Å². The third-order valence-corrected chi connectivity index (χ3v) is 4.84. The first-order valence-corrected chi connectivity index (χ1v) is 9.88. The summed E-state index contributed by atoms with van der Waals surface area (Å²) in [5, 5.41) is 14.3. The van der Waals surface area contributed by atoms with Crippen molar-refractivity contribution in [3.8, 4) is 0 Å². The van der Waals surface area contributed by atoms with Crippen molar-refractivity contribution < 1.29 is 9.50 Å². The van der Waals surface area contributed by atoms with Crippen LogP contribution < -0.4 is 5.32 Å².